The lowest BCUT2D eigenvalue weighted by Crippen LogP contribution is -2.17. The highest BCUT2D eigenvalue weighted by atomic mass is 32.1. The molecule has 0 bridgehead atoms. The van der Waals surface area contributed by atoms with Gasteiger partial charge in [0, 0.05) is 12.0 Å². The highest BCUT2D eigenvalue weighted by Gasteiger charge is 2.29. The van der Waals surface area contributed by atoms with Crippen LogP contribution in [0.2, 0.25) is 0 Å². The number of anilines is 1. The topological polar surface area (TPSA) is 75.6 Å². The number of nitrogens with one attached hydrogen (secondary N) is 1. The third-order valence-electron chi connectivity index (χ3n) is 3.24. The van der Waals surface area contributed by atoms with Gasteiger partial charge in [-0.15, -0.1) is 11.3 Å². The zero-order chi connectivity index (χ0) is 16.5. The Balaban J connectivity index is 2.48. The summed E-state index contributed by atoms with van der Waals surface area (Å²) < 4.78 is 18.4. The Morgan fingerprint density at radius 3 is 2.50 bits per heavy atom. The molecule has 22 heavy (non-hydrogen) atoms. The van der Waals surface area contributed by atoms with Crippen LogP contribution in [-0.4, -0.2) is 18.2 Å². The molecular formula is C15H18NO4PS. The molecular weight excluding hydrogens is 321 g/mol. The van der Waals surface area contributed by atoms with Gasteiger partial charge in [0.25, 0.3) is 0 Å². The molecule has 0 saturated heterocycles. The third-order valence-corrected chi connectivity index (χ3v) is 6.47. The van der Waals surface area contributed by atoms with Gasteiger partial charge in [0.05, 0.1) is 11.0 Å². The summed E-state index contributed by atoms with van der Waals surface area (Å²) in [6.07, 6.45) is 0. The molecule has 1 heterocycles. The third kappa shape index (κ3) is 3.24. The van der Waals surface area contributed by atoms with Gasteiger partial charge in [-0.05, 0) is 38.5 Å². The van der Waals surface area contributed by atoms with E-state index in [0.717, 1.165) is 27.3 Å². The Hall–Kier alpha value is -1.62. The molecule has 118 valence electrons. The highest BCUT2D eigenvalue weighted by molar-refractivity contribution is 7.68. The SMILES string of the molecule is COP(=O)(Nc1cc(C)sc1C(=O)O)c1ccc(C)cc1C. The molecule has 0 spiro atoms. The van der Waals surface area contributed by atoms with Gasteiger partial charge in [-0.1, -0.05) is 17.7 Å². The quantitative estimate of drug-likeness (QED) is 0.807. The Morgan fingerprint density at radius 2 is 1.95 bits per heavy atom. The van der Waals surface area contributed by atoms with Gasteiger partial charge in [0.1, 0.15) is 4.88 Å². The first-order valence-electron chi connectivity index (χ1n) is 6.62. The minimum Gasteiger partial charge on any atom is -0.477 e. The predicted octanol–water partition coefficient (Wildman–Crippen LogP) is 3.95. The van der Waals surface area contributed by atoms with E-state index in [9.17, 15) is 14.5 Å². The van der Waals surface area contributed by atoms with Crippen LogP contribution in [-0.2, 0) is 9.09 Å². The van der Waals surface area contributed by atoms with E-state index in [0.29, 0.717) is 11.0 Å². The van der Waals surface area contributed by atoms with E-state index in [1.54, 1.807) is 19.1 Å². The van der Waals surface area contributed by atoms with Crippen LogP contribution in [0.5, 0.6) is 0 Å². The Kier molecular flexibility index (Phi) is 4.75. The number of carboxylic acid groups (broad SMARTS) is 1. The van der Waals surface area contributed by atoms with Crippen molar-refractivity contribution in [3.63, 3.8) is 0 Å². The largest absolute Gasteiger partial charge is 0.477 e. The van der Waals surface area contributed by atoms with Crippen LogP contribution in [0.1, 0.15) is 25.7 Å². The molecule has 0 aliphatic rings. The van der Waals surface area contributed by atoms with Gasteiger partial charge < -0.3 is 14.7 Å². The molecule has 0 radical (unpaired) electrons. The van der Waals surface area contributed by atoms with Crippen molar-refractivity contribution < 1.29 is 19.0 Å². The number of aryl methyl sites for hydroxylation is 3. The standard InChI is InChI=1S/C15H18NO4PS/c1-9-5-6-13(10(2)7-9)21(19,20-4)16-12-8-11(3)22-14(12)15(17)18/h5-8H,1-4H3,(H,16,19)(H,17,18). The lowest BCUT2D eigenvalue weighted by atomic mass is 10.2. The van der Waals surface area contributed by atoms with Crippen LogP contribution in [0, 0.1) is 20.8 Å². The van der Waals surface area contributed by atoms with Gasteiger partial charge in [-0.25, -0.2) is 4.79 Å². The summed E-state index contributed by atoms with van der Waals surface area (Å²) in [5.41, 5.74) is 2.21. The number of hydrogen-bond donors (Lipinski definition) is 2. The molecule has 2 N–H and O–H groups in total. The lowest BCUT2D eigenvalue weighted by Gasteiger charge is -2.20. The zero-order valence-electron chi connectivity index (χ0n) is 12.8. The lowest BCUT2D eigenvalue weighted by molar-refractivity contribution is 0.0703. The molecule has 1 unspecified atom stereocenters. The van der Waals surface area contributed by atoms with E-state index in [1.807, 2.05) is 26.0 Å². The van der Waals surface area contributed by atoms with Crippen molar-refractivity contribution in [1.29, 1.82) is 0 Å². The molecule has 0 amide bonds. The van der Waals surface area contributed by atoms with Crippen molar-refractivity contribution >= 4 is 35.8 Å². The fourth-order valence-electron chi connectivity index (χ4n) is 2.25. The van der Waals surface area contributed by atoms with Crippen molar-refractivity contribution in [2.24, 2.45) is 0 Å². The summed E-state index contributed by atoms with van der Waals surface area (Å²) in [7, 11) is -2.04. The fourth-order valence-corrected chi connectivity index (χ4v) is 4.84. The van der Waals surface area contributed by atoms with Gasteiger partial charge in [-0.3, -0.25) is 4.57 Å². The van der Waals surface area contributed by atoms with Crippen molar-refractivity contribution in [3.05, 3.63) is 45.1 Å². The van der Waals surface area contributed by atoms with E-state index in [1.165, 1.54) is 7.11 Å². The molecule has 2 aromatic rings. The maximum Gasteiger partial charge on any atom is 0.348 e. The highest BCUT2D eigenvalue weighted by Crippen LogP contribution is 2.47. The van der Waals surface area contributed by atoms with Gasteiger partial charge in [0.15, 0.2) is 0 Å². The van der Waals surface area contributed by atoms with E-state index in [-0.39, 0.29) is 4.88 Å². The summed E-state index contributed by atoms with van der Waals surface area (Å²) in [4.78, 5) is 12.2. The van der Waals surface area contributed by atoms with Gasteiger partial charge >= 0.3 is 13.5 Å². The number of carboxylic acids is 1. The normalized spacial score (nSPS) is 13.6. The number of rotatable bonds is 5. The molecule has 1 aromatic heterocycles. The van der Waals surface area contributed by atoms with E-state index < -0.39 is 13.5 Å². The Bertz CT molecular complexity index is 769. The van der Waals surface area contributed by atoms with E-state index >= 15 is 0 Å². The number of aromatic carboxylic acids is 1. The number of thiophene rings is 1. The predicted molar refractivity (Wildman–Crippen MR) is 89.8 cm³/mol. The molecule has 1 aromatic carbocycles. The number of benzene rings is 1. The summed E-state index contributed by atoms with van der Waals surface area (Å²) in [6, 6.07) is 7.19. The molecule has 0 saturated carbocycles. The summed E-state index contributed by atoms with van der Waals surface area (Å²) in [6.45, 7) is 5.61. The second-order valence-electron chi connectivity index (χ2n) is 5.04. The second-order valence-corrected chi connectivity index (χ2v) is 8.47. The molecule has 5 nitrogen and oxygen atoms in total. The molecule has 0 fully saturated rings. The van der Waals surface area contributed by atoms with Gasteiger partial charge in [-0.2, -0.15) is 0 Å². The van der Waals surface area contributed by atoms with Crippen LogP contribution >= 0.6 is 18.9 Å². The van der Waals surface area contributed by atoms with Crippen molar-refractivity contribution in [3.8, 4) is 0 Å². The minimum atomic E-state index is -3.39. The first-order chi connectivity index (χ1) is 10.3. The average Bonchev–Trinajstić information content (AvgIpc) is 2.79. The fraction of sp³-hybridized carbons (Fsp3) is 0.267. The van der Waals surface area contributed by atoms with Crippen LogP contribution < -0.4 is 10.4 Å². The second kappa shape index (κ2) is 6.24. The maximum absolute atomic E-state index is 13.1. The number of hydrogen-bond acceptors (Lipinski definition) is 4. The summed E-state index contributed by atoms with van der Waals surface area (Å²) in [5, 5.41) is 12.6. The van der Waals surface area contributed by atoms with Crippen molar-refractivity contribution in [2.45, 2.75) is 20.8 Å². The molecule has 2 rings (SSSR count). The number of carbonyl (C=O) groups is 1. The van der Waals surface area contributed by atoms with E-state index in [4.69, 9.17) is 4.52 Å². The smallest absolute Gasteiger partial charge is 0.348 e. The Morgan fingerprint density at radius 1 is 1.27 bits per heavy atom. The molecule has 7 heteroatoms. The van der Waals surface area contributed by atoms with Crippen molar-refractivity contribution in [2.75, 3.05) is 12.2 Å². The van der Waals surface area contributed by atoms with Crippen LogP contribution in [0.15, 0.2) is 24.3 Å². The average molecular weight is 339 g/mol. The van der Waals surface area contributed by atoms with Crippen LogP contribution in [0.3, 0.4) is 0 Å². The first-order valence-corrected chi connectivity index (χ1v) is 9.06. The van der Waals surface area contributed by atoms with Crippen LogP contribution in [0.4, 0.5) is 5.69 Å². The first kappa shape index (κ1) is 16.7. The molecule has 0 aliphatic carbocycles. The summed E-state index contributed by atoms with van der Waals surface area (Å²) in [5.74, 6) is -1.05. The van der Waals surface area contributed by atoms with Crippen molar-refractivity contribution in [1.82, 2.24) is 0 Å². The summed E-state index contributed by atoms with van der Waals surface area (Å²) >= 11 is 1.14. The monoisotopic (exact) mass is 339 g/mol. The van der Waals surface area contributed by atoms with Gasteiger partial charge in [0.2, 0.25) is 0 Å². The minimum absolute atomic E-state index is 0.125. The maximum atomic E-state index is 13.1. The molecule has 0 aliphatic heterocycles. The zero-order valence-corrected chi connectivity index (χ0v) is 14.5. The van der Waals surface area contributed by atoms with E-state index in [2.05, 4.69) is 5.09 Å². The Labute approximate surface area is 133 Å². The van der Waals surface area contributed by atoms with Crippen LogP contribution in [0.25, 0.3) is 0 Å². The molecule has 1 atom stereocenters.